The molecule has 0 bridgehead atoms. The molecule has 0 unspecified atom stereocenters. The molecule has 3 amide bonds. The molecule has 3 N–H and O–H groups in total. The number of carbonyl (C=O) groups is 3. The minimum Gasteiger partial charge on any atom is -0.351 e. The zero-order valence-corrected chi connectivity index (χ0v) is 26.4. The summed E-state index contributed by atoms with van der Waals surface area (Å²) in [6, 6.07) is 13.8. The first-order valence-electron chi connectivity index (χ1n) is 13.1. The summed E-state index contributed by atoms with van der Waals surface area (Å²) in [4.78, 5) is 38.7. The monoisotopic (exact) mass is 721 g/mol. The van der Waals surface area contributed by atoms with Gasteiger partial charge in [-0.3, -0.25) is 14.4 Å². The largest absolute Gasteiger partial charge is 0.402 e. The van der Waals surface area contributed by atoms with Crippen molar-refractivity contribution in [2.75, 3.05) is 10.6 Å². The third-order valence-electron chi connectivity index (χ3n) is 6.70. The first-order chi connectivity index (χ1) is 20.5. The van der Waals surface area contributed by atoms with Crippen molar-refractivity contribution < 1.29 is 36.3 Å². The molecule has 3 aromatic carbocycles. The van der Waals surface area contributed by atoms with Crippen molar-refractivity contribution in [1.29, 1.82) is 0 Å². The minimum absolute atomic E-state index is 0.0741. The number of hydrogen-bond donors (Lipinski definition) is 3. The summed E-state index contributed by atoms with van der Waals surface area (Å²) in [6.07, 6.45) is -7.34. The molecule has 0 fully saturated rings. The van der Waals surface area contributed by atoms with E-state index in [4.69, 9.17) is 23.2 Å². The number of anilines is 2. The van der Waals surface area contributed by atoms with E-state index in [1.165, 1.54) is 30.3 Å². The second-order valence-electron chi connectivity index (χ2n) is 10.3. The van der Waals surface area contributed by atoms with Crippen LogP contribution in [0.25, 0.3) is 0 Å². The highest BCUT2D eigenvalue weighted by Gasteiger charge is 2.52. The average molecular weight is 723 g/mol. The van der Waals surface area contributed by atoms with Crippen molar-refractivity contribution in [3.05, 3.63) is 91.4 Å². The fourth-order valence-electron chi connectivity index (χ4n) is 3.92. The quantitative estimate of drug-likeness (QED) is 0.173. The predicted octanol–water partition coefficient (Wildman–Crippen LogP) is 9.05. The second kappa shape index (κ2) is 14.7. The zero-order chi connectivity index (χ0) is 32.8. The molecule has 14 heteroatoms. The molecule has 0 spiro atoms. The van der Waals surface area contributed by atoms with Gasteiger partial charge in [-0.25, -0.2) is 8.78 Å². The highest BCUT2D eigenvalue weighted by Crippen LogP contribution is 2.38. The molecule has 0 aliphatic heterocycles. The number of hydrogen-bond acceptors (Lipinski definition) is 3. The van der Waals surface area contributed by atoms with Gasteiger partial charge in [0.15, 0.2) is 0 Å². The smallest absolute Gasteiger partial charge is 0.351 e. The SMILES string of the molecule is CC(C)(C(=O)NCc1ccc(Cl)c(C(=O)Nc2ccc(CCCC(F)F)c(C(=O)Nc3ccc(Br)cc3)c2)c1Cl)C(F)(F)F. The third kappa shape index (κ3) is 8.92. The first-order valence-corrected chi connectivity index (χ1v) is 14.7. The van der Waals surface area contributed by atoms with E-state index in [9.17, 15) is 36.3 Å². The number of rotatable bonds is 11. The van der Waals surface area contributed by atoms with Gasteiger partial charge in [-0.1, -0.05) is 51.3 Å². The lowest BCUT2D eigenvalue weighted by atomic mass is 9.91. The van der Waals surface area contributed by atoms with Gasteiger partial charge < -0.3 is 16.0 Å². The number of aryl methyl sites for hydroxylation is 1. The third-order valence-corrected chi connectivity index (χ3v) is 7.97. The summed E-state index contributed by atoms with van der Waals surface area (Å²) in [5.41, 5.74) is -1.49. The maximum absolute atomic E-state index is 13.3. The molecule has 0 aliphatic rings. The summed E-state index contributed by atoms with van der Waals surface area (Å²) in [5.74, 6) is -2.62. The normalized spacial score (nSPS) is 11.8. The average Bonchev–Trinajstić information content (AvgIpc) is 2.93. The highest BCUT2D eigenvalue weighted by molar-refractivity contribution is 9.10. The number of benzene rings is 3. The molecule has 0 aliphatic carbocycles. The first kappa shape index (κ1) is 35.3. The van der Waals surface area contributed by atoms with Crippen LogP contribution in [0.15, 0.2) is 59.1 Å². The molecular weight excluding hydrogens is 696 g/mol. The number of nitrogens with one attached hydrogen (secondary N) is 3. The zero-order valence-electron chi connectivity index (χ0n) is 23.4. The molecule has 3 rings (SSSR count). The van der Waals surface area contributed by atoms with Crippen LogP contribution in [0.2, 0.25) is 10.0 Å². The molecule has 236 valence electrons. The van der Waals surface area contributed by atoms with Gasteiger partial charge in [-0.2, -0.15) is 13.2 Å². The molecule has 0 aromatic heterocycles. The topological polar surface area (TPSA) is 87.3 Å². The molecular formula is C30H27BrCl2F5N3O3. The highest BCUT2D eigenvalue weighted by atomic mass is 79.9. The van der Waals surface area contributed by atoms with Crippen LogP contribution in [-0.4, -0.2) is 30.3 Å². The van der Waals surface area contributed by atoms with Gasteiger partial charge in [0.2, 0.25) is 12.3 Å². The van der Waals surface area contributed by atoms with Gasteiger partial charge >= 0.3 is 6.18 Å². The van der Waals surface area contributed by atoms with Gasteiger partial charge in [0, 0.05) is 34.4 Å². The van der Waals surface area contributed by atoms with Crippen molar-refractivity contribution in [1.82, 2.24) is 5.32 Å². The predicted molar refractivity (Wildman–Crippen MR) is 164 cm³/mol. The van der Waals surface area contributed by atoms with E-state index in [0.29, 0.717) is 11.3 Å². The molecule has 0 heterocycles. The number of halogens is 8. The van der Waals surface area contributed by atoms with Gasteiger partial charge in [0.25, 0.3) is 11.8 Å². The van der Waals surface area contributed by atoms with Crippen LogP contribution in [0.5, 0.6) is 0 Å². The van der Waals surface area contributed by atoms with E-state index in [2.05, 4.69) is 31.9 Å². The summed E-state index contributed by atoms with van der Waals surface area (Å²) in [6.45, 7) is 1.06. The van der Waals surface area contributed by atoms with Crippen molar-refractivity contribution in [3.8, 4) is 0 Å². The van der Waals surface area contributed by atoms with Gasteiger partial charge in [0.1, 0.15) is 5.41 Å². The van der Waals surface area contributed by atoms with Crippen LogP contribution in [-0.2, 0) is 17.8 Å². The number of carbonyl (C=O) groups excluding carboxylic acids is 3. The van der Waals surface area contributed by atoms with E-state index in [1.807, 2.05) is 0 Å². The van der Waals surface area contributed by atoms with Gasteiger partial charge in [-0.05, 0) is 80.3 Å². The standard InChI is InChI=1S/C30H27BrCl2F5N3O3/c1-29(2,30(36,37)38)28(44)39-15-17-7-13-22(32)24(25(17)33)27(43)41-20-10-6-16(4-3-5-23(34)35)21(14-20)26(42)40-19-11-8-18(31)9-12-19/h6-14,23H,3-5,15H2,1-2H3,(H,39,44)(H,40,42)(H,41,43). The van der Waals surface area contributed by atoms with Crippen LogP contribution in [0.4, 0.5) is 33.3 Å². The summed E-state index contributed by atoms with van der Waals surface area (Å²) in [5, 5.41) is 7.24. The molecule has 0 saturated carbocycles. The van der Waals surface area contributed by atoms with E-state index in [1.54, 1.807) is 24.3 Å². The van der Waals surface area contributed by atoms with E-state index in [0.717, 1.165) is 18.3 Å². The Labute approximate surface area is 268 Å². The summed E-state index contributed by atoms with van der Waals surface area (Å²) in [7, 11) is 0. The molecule has 0 saturated heterocycles. The van der Waals surface area contributed by atoms with E-state index in [-0.39, 0.29) is 51.7 Å². The molecule has 0 radical (unpaired) electrons. The lowest BCUT2D eigenvalue weighted by molar-refractivity contribution is -0.211. The number of alkyl halides is 5. The van der Waals surface area contributed by atoms with Crippen molar-refractivity contribution in [2.45, 2.75) is 52.3 Å². The van der Waals surface area contributed by atoms with Crippen molar-refractivity contribution >= 4 is 68.2 Å². The molecule has 44 heavy (non-hydrogen) atoms. The van der Waals surface area contributed by atoms with Crippen LogP contribution in [0.3, 0.4) is 0 Å². The van der Waals surface area contributed by atoms with E-state index >= 15 is 0 Å². The molecule has 6 nitrogen and oxygen atoms in total. The van der Waals surface area contributed by atoms with Crippen LogP contribution >= 0.6 is 39.1 Å². The van der Waals surface area contributed by atoms with Crippen molar-refractivity contribution in [3.63, 3.8) is 0 Å². The van der Waals surface area contributed by atoms with Gasteiger partial charge in [-0.15, -0.1) is 0 Å². The Morgan fingerprint density at radius 3 is 2.07 bits per heavy atom. The Kier molecular flexibility index (Phi) is 11.8. The van der Waals surface area contributed by atoms with Crippen LogP contribution in [0, 0.1) is 5.41 Å². The summed E-state index contributed by atoms with van der Waals surface area (Å²) >= 11 is 16.0. The fourth-order valence-corrected chi connectivity index (χ4v) is 4.79. The lowest BCUT2D eigenvalue weighted by Gasteiger charge is -2.26. The fraction of sp³-hybridized carbons (Fsp3) is 0.300. The lowest BCUT2D eigenvalue weighted by Crippen LogP contribution is -2.46. The van der Waals surface area contributed by atoms with Crippen molar-refractivity contribution in [2.24, 2.45) is 5.41 Å². The van der Waals surface area contributed by atoms with Gasteiger partial charge in [0.05, 0.1) is 15.6 Å². The maximum atomic E-state index is 13.3. The molecule has 3 aromatic rings. The molecule has 0 atom stereocenters. The maximum Gasteiger partial charge on any atom is 0.402 e. The number of amides is 3. The van der Waals surface area contributed by atoms with Crippen LogP contribution < -0.4 is 16.0 Å². The Morgan fingerprint density at radius 1 is 0.864 bits per heavy atom. The second-order valence-corrected chi connectivity index (χ2v) is 12.0. The Balaban J connectivity index is 1.85. The Bertz CT molecular complexity index is 1530. The van der Waals surface area contributed by atoms with Crippen LogP contribution in [0.1, 0.15) is 58.5 Å². The Hall–Kier alpha value is -3.22. The van der Waals surface area contributed by atoms with E-state index < -0.39 is 42.3 Å². The summed E-state index contributed by atoms with van der Waals surface area (Å²) < 4.78 is 66.0. The Morgan fingerprint density at radius 2 is 1.45 bits per heavy atom. The minimum atomic E-state index is -4.79.